The number of hydrogen-bond donors (Lipinski definition) is 1. The van der Waals surface area contributed by atoms with Crippen LogP contribution in [0.1, 0.15) is 46.3 Å². The van der Waals surface area contributed by atoms with Crippen LogP contribution in [0, 0.1) is 9.49 Å². The van der Waals surface area contributed by atoms with Gasteiger partial charge in [0.1, 0.15) is 0 Å². The summed E-state index contributed by atoms with van der Waals surface area (Å²) >= 11 is 1.90. The second-order valence-corrected chi connectivity index (χ2v) is 8.69. The molecule has 0 bridgehead atoms. The van der Waals surface area contributed by atoms with E-state index in [1.165, 1.54) is 20.0 Å². The van der Waals surface area contributed by atoms with E-state index in [-0.39, 0.29) is 5.82 Å². The Morgan fingerprint density at radius 1 is 1.23 bits per heavy atom. The number of nitrogens with one attached hydrogen (secondary N) is 1. The Hall–Kier alpha value is -2.22. The van der Waals surface area contributed by atoms with Gasteiger partial charge < -0.3 is 18.9 Å². The highest BCUT2D eigenvalue weighted by Crippen LogP contribution is 2.33. The first-order valence-electron chi connectivity index (χ1n) is 9.88. The van der Waals surface area contributed by atoms with Gasteiger partial charge in [-0.3, -0.25) is 19.5 Å². The van der Waals surface area contributed by atoms with Crippen molar-refractivity contribution in [1.82, 2.24) is 9.55 Å². The van der Waals surface area contributed by atoms with Crippen molar-refractivity contribution in [3.05, 3.63) is 20.3 Å². The van der Waals surface area contributed by atoms with Gasteiger partial charge in [0.25, 0.3) is 0 Å². The highest BCUT2D eigenvalue weighted by molar-refractivity contribution is 14.1. The zero-order valence-electron chi connectivity index (χ0n) is 17.3. The first-order valence-corrected chi connectivity index (χ1v) is 11.0. The first-order chi connectivity index (χ1) is 14.7. The summed E-state index contributed by atoms with van der Waals surface area (Å²) in [6.07, 6.45) is 0.316. The lowest BCUT2D eigenvalue weighted by Crippen LogP contribution is -2.40. The van der Waals surface area contributed by atoms with Gasteiger partial charge in [0.2, 0.25) is 0 Å². The van der Waals surface area contributed by atoms with Gasteiger partial charge in [-0.05, 0) is 48.3 Å². The second-order valence-electron chi connectivity index (χ2n) is 7.53. The second kappa shape index (κ2) is 9.94. The van der Waals surface area contributed by atoms with E-state index in [9.17, 15) is 19.2 Å². The molecule has 2 heterocycles. The summed E-state index contributed by atoms with van der Waals surface area (Å²) in [6, 6.07) is 0. The summed E-state index contributed by atoms with van der Waals surface area (Å²) in [5, 5.41) is 2.47. The minimum absolute atomic E-state index is 0.0482. The van der Waals surface area contributed by atoms with Crippen LogP contribution in [0.3, 0.4) is 0 Å². The van der Waals surface area contributed by atoms with Crippen LogP contribution in [0.5, 0.6) is 0 Å². The molecule has 0 radical (unpaired) electrons. The summed E-state index contributed by atoms with van der Waals surface area (Å²) in [4.78, 5) is 51.6. The highest BCUT2D eigenvalue weighted by atomic mass is 127. The molecule has 11 nitrogen and oxygen atoms in total. The Labute approximate surface area is 191 Å². The lowest BCUT2D eigenvalue weighted by atomic mass is 9.86. The molecule has 170 valence electrons. The van der Waals surface area contributed by atoms with E-state index in [0.717, 1.165) is 23.8 Å². The molecule has 1 N–H and O–H groups in total. The molecular formula is C19H24IN3O8. The van der Waals surface area contributed by atoms with Gasteiger partial charge in [0.15, 0.2) is 24.3 Å². The number of anilines is 1. The maximum absolute atomic E-state index is 12.7. The molecule has 12 heteroatoms. The maximum Gasteiger partial charge on any atom is 0.412 e. The molecule has 1 aromatic heterocycles. The molecular weight excluding hydrogens is 525 g/mol. The highest BCUT2D eigenvalue weighted by Gasteiger charge is 2.48. The molecule has 0 spiro atoms. The molecule has 1 amide bonds. The third-order valence-corrected chi connectivity index (χ3v) is 5.89. The van der Waals surface area contributed by atoms with Crippen LogP contribution in [0.25, 0.3) is 0 Å². The molecule has 4 atom stereocenters. The molecule has 1 saturated carbocycles. The van der Waals surface area contributed by atoms with Crippen LogP contribution >= 0.6 is 22.6 Å². The van der Waals surface area contributed by atoms with E-state index in [4.69, 9.17) is 18.9 Å². The van der Waals surface area contributed by atoms with Gasteiger partial charge in [-0.2, -0.15) is 4.98 Å². The van der Waals surface area contributed by atoms with Crippen molar-refractivity contribution in [3.63, 3.8) is 0 Å². The average Bonchev–Trinajstić information content (AvgIpc) is 2.91. The van der Waals surface area contributed by atoms with E-state index in [1.54, 1.807) is 6.92 Å². The maximum atomic E-state index is 12.7. The van der Waals surface area contributed by atoms with Crippen molar-refractivity contribution >= 4 is 46.4 Å². The van der Waals surface area contributed by atoms with Crippen molar-refractivity contribution in [1.29, 1.82) is 0 Å². The Morgan fingerprint density at radius 3 is 2.45 bits per heavy atom. The molecule has 1 saturated heterocycles. The van der Waals surface area contributed by atoms with Crippen LogP contribution in [0.15, 0.2) is 11.0 Å². The molecule has 1 aliphatic heterocycles. The summed E-state index contributed by atoms with van der Waals surface area (Å²) < 4.78 is 23.1. The van der Waals surface area contributed by atoms with Gasteiger partial charge in [0.05, 0.1) is 16.3 Å². The van der Waals surface area contributed by atoms with Crippen molar-refractivity contribution in [2.75, 3.05) is 11.9 Å². The van der Waals surface area contributed by atoms with Gasteiger partial charge in [0, 0.05) is 20.0 Å². The zero-order valence-corrected chi connectivity index (χ0v) is 19.5. The number of carbonyl (C=O) groups is 3. The molecule has 1 aliphatic carbocycles. The minimum atomic E-state index is -1.06. The van der Waals surface area contributed by atoms with Gasteiger partial charge in [-0.15, -0.1) is 0 Å². The quantitative estimate of drug-likeness (QED) is 0.321. The Balaban J connectivity index is 1.78. The van der Waals surface area contributed by atoms with Crippen molar-refractivity contribution < 1.29 is 33.3 Å². The standard InChI is InChI=1S/C19H24IN3O8/c1-9-14(30-10(2)24)15(31-11(3)25)17(29-9)23-7-13(20)16(21-18(23)26)22-19(27)28-8-12-5-4-6-12/h7,9,12,14-15,17H,4-6,8H2,1-3H3,(H,21,22,26,27)/t9-,14?,15?,17-/m1/s1. The van der Waals surface area contributed by atoms with Crippen LogP contribution < -0.4 is 11.0 Å². The molecule has 2 unspecified atom stereocenters. The molecule has 3 rings (SSSR count). The number of rotatable bonds is 6. The van der Waals surface area contributed by atoms with E-state index in [2.05, 4.69) is 10.3 Å². The first kappa shape index (κ1) is 23.4. The number of aromatic nitrogens is 2. The van der Waals surface area contributed by atoms with E-state index < -0.39 is 48.3 Å². The molecule has 31 heavy (non-hydrogen) atoms. The predicted molar refractivity (Wildman–Crippen MR) is 114 cm³/mol. The topological polar surface area (TPSA) is 135 Å². The van der Waals surface area contributed by atoms with Crippen LogP contribution in [0.2, 0.25) is 0 Å². The monoisotopic (exact) mass is 549 g/mol. The number of halogens is 1. The normalized spacial score (nSPS) is 25.4. The van der Waals surface area contributed by atoms with Crippen LogP contribution in [-0.2, 0) is 28.5 Å². The fraction of sp³-hybridized carbons (Fsp3) is 0.632. The Morgan fingerprint density at radius 2 is 1.87 bits per heavy atom. The summed E-state index contributed by atoms with van der Waals surface area (Å²) in [7, 11) is 0. The van der Waals surface area contributed by atoms with Gasteiger partial charge >= 0.3 is 23.7 Å². The van der Waals surface area contributed by atoms with E-state index in [0.29, 0.717) is 16.1 Å². The fourth-order valence-electron chi connectivity index (χ4n) is 3.40. The van der Waals surface area contributed by atoms with E-state index in [1.807, 2.05) is 22.6 Å². The zero-order chi connectivity index (χ0) is 22.7. The van der Waals surface area contributed by atoms with Crippen molar-refractivity contribution in [2.45, 2.75) is 64.6 Å². The predicted octanol–water partition coefficient (Wildman–Crippen LogP) is 1.98. The summed E-state index contributed by atoms with van der Waals surface area (Å²) in [6.45, 7) is 4.40. The van der Waals surface area contributed by atoms with Gasteiger partial charge in [-0.25, -0.2) is 9.59 Å². The van der Waals surface area contributed by atoms with Crippen LogP contribution in [0.4, 0.5) is 10.6 Å². The number of ether oxygens (including phenoxy) is 4. The van der Waals surface area contributed by atoms with Gasteiger partial charge in [-0.1, -0.05) is 6.42 Å². The number of carbonyl (C=O) groups excluding carboxylic acids is 3. The number of hydrogen-bond acceptors (Lipinski definition) is 9. The molecule has 2 fully saturated rings. The molecule has 1 aromatic rings. The lowest BCUT2D eigenvalue weighted by Gasteiger charge is -2.24. The third-order valence-electron chi connectivity index (χ3n) is 5.10. The number of amides is 1. The lowest BCUT2D eigenvalue weighted by molar-refractivity contribution is -0.165. The smallest absolute Gasteiger partial charge is 0.412 e. The van der Waals surface area contributed by atoms with Crippen molar-refractivity contribution in [2.24, 2.45) is 5.92 Å². The molecule has 2 aliphatic rings. The summed E-state index contributed by atoms with van der Waals surface area (Å²) in [5.41, 5.74) is -0.743. The Kier molecular flexibility index (Phi) is 7.51. The van der Waals surface area contributed by atoms with Crippen molar-refractivity contribution in [3.8, 4) is 0 Å². The third kappa shape index (κ3) is 5.73. The largest absolute Gasteiger partial charge is 0.456 e. The number of nitrogens with zero attached hydrogens (tertiary/aromatic N) is 2. The fourth-order valence-corrected chi connectivity index (χ4v) is 3.96. The average molecular weight is 549 g/mol. The molecule has 0 aromatic carbocycles. The summed E-state index contributed by atoms with van der Waals surface area (Å²) in [5.74, 6) is -0.756. The number of esters is 2. The minimum Gasteiger partial charge on any atom is -0.456 e. The van der Waals surface area contributed by atoms with E-state index >= 15 is 0 Å². The SMILES string of the molecule is CC(=O)OC1C(OC(C)=O)[C@@H](C)O[C@H]1n1cc(I)c(NC(=O)OCC2CCC2)nc1=O. The van der Waals surface area contributed by atoms with Crippen LogP contribution in [-0.4, -0.2) is 52.5 Å². The Bertz CT molecular complexity index is 916.